The van der Waals surface area contributed by atoms with Crippen LogP contribution in [0.1, 0.15) is 19.3 Å². The number of anilines is 1. The largest absolute Gasteiger partial charge is 0.355 e. The molecule has 0 radical (unpaired) electrons. The number of aryl methyl sites for hydroxylation is 1. The Hall–Kier alpha value is -2.55. The molecular weight excluding hydrogens is 306 g/mol. The first-order valence-corrected chi connectivity index (χ1v) is 8.36. The number of aromatic nitrogens is 7. The van der Waals surface area contributed by atoms with Gasteiger partial charge in [-0.05, 0) is 25.8 Å². The molecule has 3 aromatic rings. The first-order valence-electron chi connectivity index (χ1n) is 8.36. The van der Waals surface area contributed by atoms with Gasteiger partial charge in [-0.15, -0.1) is 5.10 Å². The fourth-order valence-corrected chi connectivity index (χ4v) is 3.19. The van der Waals surface area contributed by atoms with Crippen molar-refractivity contribution in [3.8, 4) is 0 Å². The number of nitrogens with zero attached hydrogens (tertiary/aromatic N) is 7. The van der Waals surface area contributed by atoms with Gasteiger partial charge < -0.3 is 15.2 Å². The SMILES string of the molecule is c1cn(CCCNC2CCN(c3ncnc4nc[nH]c34)CC2)nn1. The van der Waals surface area contributed by atoms with Crippen molar-refractivity contribution in [3.63, 3.8) is 0 Å². The molecule has 0 amide bonds. The van der Waals surface area contributed by atoms with Crippen LogP contribution in [0.4, 0.5) is 5.82 Å². The molecule has 4 heterocycles. The molecule has 3 aromatic heterocycles. The van der Waals surface area contributed by atoms with Crippen LogP contribution in [0.15, 0.2) is 25.0 Å². The predicted octanol–water partition coefficient (Wildman–Crippen LogP) is 0.593. The zero-order chi connectivity index (χ0) is 16.2. The number of aromatic amines is 1. The summed E-state index contributed by atoms with van der Waals surface area (Å²) >= 11 is 0. The van der Waals surface area contributed by atoms with E-state index in [1.165, 1.54) is 0 Å². The second kappa shape index (κ2) is 6.91. The van der Waals surface area contributed by atoms with E-state index < -0.39 is 0 Å². The Kier molecular flexibility index (Phi) is 4.32. The highest BCUT2D eigenvalue weighted by molar-refractivity contribution is 5.82. The van der Waals surface area contributed by atoms with Crippen molar-refractivity contribution in [1.82, 2.24) is 40.2 Å². The molecule has 0 aliphatic carbocycles. The standard InChI is InChI=1S/C15H21N9/c1(6-24-9-5-21-22-24)4-16-12-2-7-23(8-3-12)15-13-14(18-10-17-13)19-11-20-15/h5,9-12,16H,1-4,6-8H2,(H,17,18,19,20). The van der Waals surface area contributed by atoms with Crippen molar-refractivity contribution >= 4 is 17.0 Å². The van der Waals surface area contributed by atoms with E-state index in [1.54, 1.807) is 18.9 Å². The second-order valence-corrected chi connectivity index (χ2v) is 6.03. The third-order valence-corrected chi connectivity index (χ3v) is 4.47. The number of hydrogen-bond donors (Lipinski definition) is 2. The lowest BCUT2D eigenvalue weighted by Gasteiger charge is -2.33. The van der Waals surface area contributed by atoms with Gasteiger partial charge >= 0.3 is 0 Å². The average molecular weight is 327 g/mol. The maximum atomic E-state index is 4.44. The van der Waals surface area contributed by atoms with Crippen LogP contribution in [0.2, 0.25) is 0 Å². The van der Waals surface area contributed by atoms with E-state index >= 15 is 0 Å². The molecule has 24 heavy (non-hydrogen) atoms. The van der Waals surface area contributed by atoms with Gasteiger partial charge in [0.2, 0.25) is 0 Å². The number of H-pyrrole nitrogens is 1. The molecule has 0 unspecified atom stereocenters. The zero-order valence-corrected chi connectivity index (χ0v) is 13.5. The Morgan fingerprint density at radius 3 is 2.96 bits per heavy atom. The summed E-state index contributed by atoms with van der Waals surface area (Å²) in [5.74, 6) is 0.960. The summed E-state index contributed by atoms with van der Waals surface area (Å²) in [4.78, 5) is 18.3. The Labute approximate surface area is 139 Å². The number of nitrogens with one attached hydrogen (secondary N) is 2. The summed E-state index contributed by atoms with van der Waals surface area (Å²) in [6.07, 6.45) is 10.2. The van der Waals surface area contributed by atoms with Crippen LogP contribution in [0.5, 0.6) is 0 Å². The molecule has 126 valence electrons. The predicted molar refractivity (Wildman–Crippen MR) is 89.6 cm³/mol. The molecule has 0 bridgehead atoms. The molecular formula is C15H21N9. The van der Waals surface area contributed by atoms with Gasteiger partial charge in [-0.25, -0.2) is 15.0 Å². The van der Waals surface area contributed by atoms with Crippen molar-refractivity contribution in [1.29, 1.82) is 0 Å². The van der Waals surface area contributed by atoms with E-state index in [0.717, 1.165) is 62.4 Å². The molecule has 1 aliphatic rings. The van der Waals surface area contributed by atoms with Gasteiger partial charge in [0.1, 0.15) is 11.8 Å². The first kappa shape index (κ1) is 15.0. The molecule has 0 spiro atoms. The van der Waals surface area contributed by atoms with Crippen LogP contribution in [0.25, 0.3) is 11.2 Å². The Bertz CT molecular complexity index is 758. The minimum absolute atomic E-state index is 0.566. The summed E-state index contributed by atoms with van der Waals surface area (Å²) in [5, 5.41) is 11.4. The Morgan fingerprint density at radius 2 is 2.12 bits per heavy atom. The average Bonchev–Trinajstić information content (AvgIpc) is 3.30. The molecule has 2 N–H and O–H groups in total. The van der Waals surface area contributed by atoms with Crippen LogP contribution in [-0.4, -0.2) is 60.6 Å². The van der Waals surface area contributed by atoms with E-state index in [9.17, 15) is 0 Å². The normalized spacial score (nSPS) is 16.1. The summed E-state index contributed by atoms with van der Waals surface area (Å²) < 4.78 is 1.87. The van der Waals surface area contributed by atoms with Gasteiger partial charge in [0.15, 0.2) is 11.5 Å². The van der Waals surface area contributed by atoms with Gasteiger partial charge in [0.05, 0.1) is 12.5 Å². The molecule has 9 heteroatoms. The van der Waals surface area contributed by atoms with Crippen molar-refractivity contribution < 1.29 is 0 Å². The van der Waals surface area contributed by atoms with E-state index in [0.29, 0.717) is 6.04 Å². The van der Waals surface area contributed by atoms with Crippen LogP contribution in [-0.2, 0) is 6.54 Å². The smallest absolute Gasteiger partial charge is 0.182 e. The van der Waals surface area contributed by atoms with Gasteiger partial charge in [-0.3, -0.25) is 4.68 Å². The third kappa shape index (κ3) is 3.21. The van der Waals surface area contributed by atoms with Crippen LogP contribution in [0, 0.1) is 0 Å². The topological polar surface area (TPSA) is 100 Å². The van der Waals surface area contributed by atoms with Gasteiger partial charge in [-0.1, -0.05) is 5.21 Å². The van der Waals surface area contributed by atoms with E-state index in [2.05, 4.69) is 40.5 Å². The maximum absolute atomic E-state index is 4.44. The Morgan fingerprint density at radius 1 is 1.21 bits per heavy atom. The van der Waals surface area contributed by atoms with Crippen LogP contribution >= 0.6 is 0 Å². The lowest BCUT2D eigenvalue weighted by atomic mass is 10.0. The minimum atomic E-state index is 0.566. The highest BCUT2D eigenvalue weighted by atomic mass is 15.4. The van der Waals surface area contributed by atoms with Gasteiger partial charge in [-0.2, -0.15) is 0 Å². The van der Waals surface area contributed by atoms with Crippen molar-refractivity contribution in [2.24, 2.45) is 0 Å². The molecule has 9 nitrogen and oxygen atoms in total. The third-order valence-electron chi connectivity index (χ3n) is 4.47. The zero-order valence-electron chi connectivity index (χ0n) is 13.5. The summed E-state index contributed by atoms with van der Waals surface area (Å²) in [7, 11) is 0. The molecule has 0 saturated carbocycles. The number of fused-ring (bicyclic) bond motifs is 1. The first-order chi connectivity index (χ1) is 11.9. The summed E-state index contributed by atoms with van der Waals surface area (Å²) in [6.45, 7) is 3.89. The number of hydrogen-bond acceptors (Lipinski definition) is 7. The number of rotatable bonds is 6. The fraction of sp³-hybridized carbons (Fsp3) is 0.533. The van der Waals surface area contributed by atoms with Crippen molar-refractivity contribution in [2.75, 3.05) is 24.5 Å². The maximum Gasteiger partial charge on any atom is 0.182 e. The number of imidazole rings is 1. The van der Waals surface area contributed by atoms with E-state index in [4.69, 9.17) is 0 Å². The van der Waals surface area contributed by atoms with Crippen molar-refractivity contribution in [2.45, 2.75) is 31.8 Å². The van der Waals surface area contributed by atoms with Gasteiger partial charge in [0.25, 0.3) is 0 Å². The quantitative estimate of drug-likeness (QED) is 0.639. The minimum Gasteiger partial charge on any atom is -0.355 e. The van der Waals surface area contributed by atoms with E-state index in [-0.39, 0.29) is 0 Å². The highest BCUT2D eigenvalue weighted by Crippen LogP contribution is 2.23. The monoisotopic (exact) mass is 327 g/mol. The van der Waals surface area contributed by atoms with Gasteiger partial charge in [0, 0.05) is 31.9 Å². The fourth-order valence-electron chi connectivity index (χ4n) is 3.19. The second-order valence-electron chi connectivity index (χ2n) is 6.03. The summed E-state index contributed by atoms with van der Waals surface area (Å²) in [6, 6.07) is 0.566. The lowest BCUT2D eigenvalue weighted by Crippen LogP contribution is -2.43. The van der Waals surface area contributed by atoms with Crippen LogP contribution in [0.3, 0.4) is 0 Å². The molecule has 1 aliphatic heterocycles. The van der Waals surface area contributed by atoms with Crippen LogP contribution < -0.4 is 10.2 Å². The number of piperidine rings is 1. The molecule has 4 rings (SSSR count). The van der Waals surface area contributed by atoms with E-state index in [1.807, 2.05) is 10.9 Å². The molecule has 1 fully saturated rings. The highest BCUT2D eigenvalue weighted by Gasteiger charge is 2.21. The lowest BCUT2D eigenvalue weighted by molar-refractivity contribution is 0.402. The molecule has 1 saturated heterocycles. The van der Waals surface area contributed by atoms with Crippen molar-refractivity contribution in [3.05, 3.63) is 25.0 Å². The Balaban J connectivity index is 1.25. The molecule has 0 atom stereocenters. The summed E-state index contributed by atoms with van der Waals surface area (Å²) in [5.41, 5.74) is 1.66. The molecule has 0 aromatic carbocycles.